The molecule has 1 heterocycles. The summed E-state index contributed by atoms with van der Waals surface area (Å²) in [5.74, 6) is -0.391. The number of carbonyl (C=O) groups is 1. The minimum atomic E-state index is -0.391. The molecule has 1 aliphatic rings. The maximum absolute atomic E-state index is 10.9. The van der Waals surface area contributed by atoms with Crippen LogP contribution in [0.5, 0.6) is 0 Å². The van der Waals surface area contributed by atoms with Crippen molar-refractivity contribution in [1.82, 2.24) is 5.32 Å². The molecule has 1 N–H and O–H groups in total. The van der Waals surface area contributed by atoms with Gasteiger partial charge < -0.3 is 10.1 Å². The summed E-state index contributed by atoms with van der Waals surface area (Å²) < 4.78 is 4.71. The van der Waals surface area contributed by atoms with Crippen molar-refractivity contribution >= 4 is 17.6 Å². The number of hydrogen-bond donors (Lipinski definition) is 1. The van der Waals surface area contributed by atoms with E-state index in [0.717, 1.165) is 0 Å². The van der Waals surface area contributed by atoms with Crippen LogP contribution in [0.1, 0.15) is 6.92 Å². The van der Waals surface area contributed by atoms with Crippen molar-refractivity contribution in [3.63, 3.8) is 0 Å². The number of hydrogen-bond acceptors (Lipinski definition) is 3. The molecule has 0 aromatic carbocycles. The molecule has 1 rings (SSSR count). The van der Waals surface area contributed by atoms with Crippen molar-refractivity contribution in [2.24, 2.45) is 0 Å². The molecule has 0 atom stereocenters. The number of esters is 1. The highest BCUT2D eigenvalue weighted by Crippen LogP contribution is 2.08. The van der Waals surface area contributed by atoms with Crippen molar-refractivity contribution in [3.8, 4) is 0 Å². The molecule has 4 heteroatoms. The molecule has 0 amide bonds. The summed E-state index contributed by atoms with van der Waals surface area (Å²) in [7, 11) is 0. The van der Waals surface area contributed by atoms with Crippen LogP contribution in [-0.4, -0.2) is 12.6 Å². The minimum Gasteiger partial charge on any atom is -0.463 e. The molecule has 1 radical (unpaired) electrons. The lowest BCUT2D eigenvalue weighted by molar-refractivity contribution is -0.137. The summed E-state index contributed by atoms with van der Waals surface area (Å²) >= 11 is 5.62. The quantitative estimate of drug-likeness (QED) is 0.540. The SMILES string of the molecule is CCOC(=O)C=C1[C]=CC(Cl)=CN1. The molecule has 0 unspecified atom stereocenters. The van der Waals surface area contributed by atoms with Crippen LogP contribution in [0.15, 0.2) is 29.1 Å². The first-order valence-corrected chi connectivity index (χ1v) is 4.20. The lowest BCUT2D eigenvalue weighted by Crippen LogP contribution is -2.10. The number of rotatable bonds is 2. The van der Waals surface area contributed by atoms with E-state index < -0.39 is 5.97 Å². The molecule has 0 aliphatic carbocycles. The molecule has 1 aliphatic heterocycles. The van der Waals surface area contributed by atoms with Crippen LogP contribution < -0.4 is 5.32 Å². The zero-order valence-electron chi connectivity index (χ0n) is 7.13. The predicted molar refractivity (Wildman–Crippen MR) is 49.6 cm³/mol. The van der Waals surface area contributed by atoms with Crippen molar-refractivity contribution in [2.75, 3.05) is 6.61 Å². The van der Waals surface area contributed by atoms with Crippen LogP contribution in [-0.2, 0) is 9.53 Å². The number of dihydropyridines is 1. The standard InChI is InChI=1S/C9H9ClNO2/c1-2-13-9(12)5-8-4-3-7(10)6-11-8/h3,5-6,11H,2H2,1H3. The first-order valence-electron chi connectivity index (χ1n) is 3.83. The molecule has 3 nitrogen and oxygen atoms in total. The summed E-state index contributed by atoms with van der Waals surface area (Å²) in [6.45, 7) is 2.12. The fraction of sp³-hybridized carbons (Fsp3) is 0.222. The highest BCUT2D eigenvalue weighted by molar-refractivity contribution is 6.31. The third kappa shape index (κ3) is 3.34. The summed E-state index contributed by atoms with van der Waals surface area (Å²) in [4.78, 5) is 10.9. The smallest absolute Gasteiger partial charge is 0.332 e. The van der Waals surface area contributed by atoms with Gasteiger partial charge in [-0.15, -0.1) is 0 Å². The van der Waals surface area contributed by atoms with Crippen LogP contribution >= 0.6 is 11.6 Å². The lowest BCUT2D eigenvalue weighted by Gasteiger charge is -2.05. The third-order valence-corrected chi connectivity index (χ3v) is 1.50. The van der Waals surface area contributed by atoms with Gasteiger partial charge in [-0.1, -0.05) is 11.6 Å². The Morgan fingerprint density at radius 3 is 3.15 bits per heavy atom. The fourth-order valence-electron chi connectivity index (χ4n) is 0.762. The van der Waals surface area contributed by atoms with E-state index >= 15 is 0 Å². The molecule has 0 spiro atoms. The third-order valence-electron chi connectivity index (χ3n) is 1.28. The number of ether oxygens (including phenoxy) is 1. The maximum Gasteiger partial charge on any atom is 0.332 e. The summed E-state index contributed by atoms with van der Waals surface area (Å²) in [5, 5.41) is 3.32. The van der Waals surface area contributed by atoms with Gasteiger partial charge in [0.1, 0.15) is 0 Å². The highest BCUT2D eigenvalue weighted by Gasteiger charge is 2.02. The van der Waals surface area contributed by atoms with Gasteiger partial charge in [0.05, 0.1) is 17.3 Å². The number of carbonyl (C=O) groups excluding carboxylic acids is 1. The Morgan fingerprint density at radius 2 is 2.62 bits per heavy atom. The highest BCUT2D eigenvalue weighted by atomic mass is 35.5. The van der Waals surface area contributed by atoms with E-state index in [-0.39, 0.29) is 0 Å². The Kier molecular flexibility index (Phi) is 3.58. The topological polar surface area (TPSA) is 38.3 Å². The Bertz CT molecular complexity index is 292. The first kappa shape index (κ1) is 9.86. The molecule has 0 aromatic heterocycles. The Hall–Kier alpha value is -1.22. The molecule has 69 valence electrons. The Balaban J connectivity index is 2.55. The lowest BCUT2D eigenvalue weighted by atomic mass is 10.3. The second-order valence-corrected chi connectivity index (χ2v) is 2.71. The average molecular weight is 199 g/mol. The van der Waals surface area contributed by atoms with E-state index in [0.29, 0.717) is 17.3 Å². The number of nitrogens with one attached hydrogen (secondary N) is 1. The second-order valence-electron chi connectivity index (χ2n) is 2.27. The van der Waals surface area contributed by atoms with Crippen molar-refractivity contribution in [1.29, 1.82) is 0 Å². The molecular weight excluding hydrogens is 190 g/mol. The predicted octanol–water partition coefficient (Wildman–Crippen LogP) is 1.48. The van der Waals surface area contributed by atoms with E-state index in [1.165, 1.54) is 6.08 Å². The normalized spacial score (nSPS) is 18.0. The van der Waals surface area contributed by atoms with Crippen LogP contribution in [0.4, 0.5) is 0 Å². The van der Waals surface area contributed by atoms with Gasteiger partial charge in [0.25, 0.3) is 0 Å². The summed E-state index contributed by atoms with van der Waals surface area (Å²) in [5.41, 5.74) is 0.544. The molecule has 0 saturated carbocycles. The van der Waals surface area contributed by atoms with Crippen molar-refractivity contribution in [2.45, 2.75) is 6.92 Å². The molecule has 0 bridgehead atoms. The van der Waals surface area contributed by atoms with Crippen LogP contribution in [0.3, 0.4) is 0 Å². The van der Waals surface area contributed by atoms with Crippen LogP contribution in [0, 0.1) is 6.08 Å². The van der Waals surface area contributed by atoms with E-state index in [1.807, 2.05) is 0 Å². The van der Waals surface area contributed by atoms with E-state index in [4.69, 9.17) is 16.3 Å². The van der Waals surface area contributed by atoms with Gasteiger partial charge in [-0.2, -0.15) is 0 Å². The summed E-state index contributed by atoms with van der Waals surface area (Å²) in [6, 6.07) is 0. The Morgan fingerprint density at radius 1 is 1.85 bits per heavy atom. The summed E-state index contributed by atoms with van der Waals surface area (Å²) in [6.07, 6.45) is 7.25. The minimum absolute atomic E-state index is 0.364. The number of allylic oxidation sites excluding steroid dienone is 3. The fourth-order valence-corrected chi connectivity index (χ4v) is 0.871. The van der Waals surface area contributed by atoms with Crippen LogP contribution in [0.25, 0.3) is 0 Å². The van der Waals surface area contributed by atoms with E-state index in [1.54, 1.807) is 19.2 Å². The monoisotopic (exact) mass is 198 g/mol. The second kappa shape index (κ2) is 4.72. The zero-order chi connectivity index (χ0) is 9.68. The Labute approximate surface area is 81.7 Å². The van der Waals surface area contributed by atoms with E-state index in [2.05, 4.69) is 11.4 Å². The average Bonchev–Trinajstić information content (AvgIpc) is 2.09. The van der Waals surface area contributed by atoms with Gasteiger partial charge in [-0.25, -0.2) is 4.79 Å². The maximum atomic E-state index is 10.9. The number of halogens is 1. The van der Waals surface area contributed by atoms with E-state index in [9.17, 15) is 4.79 Å². The van der Waals surface area contributed by atoms with Crippen LogP contribution in [0.2, 0.25) is 0 Å². The van der Waals surface area contributed by atoms with Gasteiger partial charge in [0.15, 0.2) is 0 Å². The first-order chi connectivity index (χ1) is 6.22. The van der Waals surface area contributed by atoms with Gasteiger partial charge in [0, 0.05) is 18.4 Å². The van der Waals surface area contributed by atoms with Gasteiger partial charge >= 0.3 is 5.97 Å². The molecular formula is C9H9ClNO2. The zero-order valence-corrected chi connectivity index (χ0v) is 7.89. The molecule has 13 heavy (non-hydrogen) atoms. The van der Waals surface area contributed by atoms with Gasteiger partial charge in [-0.3, -0.25) is 0 Å². The largest absolute Gasteiger partial charge is 0.463 e. The van der Waals surface area contributed by atoms with Crippen molar-refractivity contribution in [3.05, 3.63) is 35.2 Å². The molecule has 0 saturated heterocycles. The van der Waals surface area contributed by atoms with Gasteiger partial charge in [-0.05, 0) is 13.0 Å². The molecule has 0 fully saturated rings. The van der Waals surface area contributed by atoms with Crippen molar-refractivity contribution < 1.29 is 9.53 Å². The van der Waals surface area contributed by atoms with Gasteiger partial charge in [0.2, 0.25) is 0 Å². The molecule has 0 aromatic rings.